The molecule has 0 saturated carbocycles. The van der Waals surface area contributed by atoms with E-state index >= 15 is 0 Å². The summed E-state index contributed by atoms with van der Waals surface area (Å²) in [4.78, 5) is 0. The smallest absolute Gasteiger partial charge is 0.176 e. The van der Waals surface area contributed by atoms with Crippen LogP contribution in [0.1, 0.15) is 11.1 Å². The molecular formula is C17H15ClN2O. The molecule has 3 rings (SSSR count). The Morgan fingerprint density at radius 2 is 1.86 bits per heavy atom. The molecule has 2 aromatic carbocycles. The van der Waals surface area contributed by atoms with Crippen molar-refractivity contribution in [1.82, 2.24) is 5.16 Å². The number of nitrogen functional groups attached to an aromatic ring is 1. The lowest BCUT2D eigenvalue weighted by Crippen LogP contribution is -1.89. The number of hydrogen-bond acceptors (Lipinski definition) is 3. The van der Waals surface area contributed by atoms with Crippen molar-refractivity contribution >= 4 is 17.4 Å². The van der Waals surface area contributed by atoms with Gasteiger partial charge in [0.25, 0.3) is 0 Å². The van der Waals surface area contributed by atoms with Gasteiger partial charge in [-0.2, -0.15) is 0 Å². The van der Waals surface area contributed by atoms with E-state index in [1.54, 1.807) is 0 Å². The Morgan fingerprint density at radius 1 is 1.05 bits per heavy atom. The minimum absolute atomic E-state index is 0.382. The zero-order valence-electron chi connectivity index (χ0n) is 11.9. The summed E-state index contributed by atoms with van der Waals surface area (Å²) in [6, 6.07) is 13.9. The SMILES string of the molecule is Cc1cccc(-c2c(N)noc2-c2ccc(C)c(Cl)c2)c1. The average molecular weight is 299 g/mol. The van der Waals surface area contributed by atoms with Crippen LogP contribution in [0.25, 0.3) is 22.5 Å². The molecule has 0 saturated heterocycles. The molecule has 1 heterocycles. The highest BCUT2D eigenvalue weighted by atomic mass is 35.5. The molecule has 2 N–H and O–H groups in total. The highest BCUT2D eigenvalue weighted by Crippen LogP contribution is 2.37. The van der Waals surface area contributed by atoms with Crippen molar-refractivity contribution in [2.24, 2.45) is 0 Å². The predicted molar refractivity (Wildman–Crippen MR) is 86.3 cm³/mol. The number of aromatic nitrogens is 1. The first-order chi connectivity index (χ1) is 10.1. The Bertz CT molecular complexity index is 808. The maximum atomic E-state index is 6.20. The van der Waals surface area contributed by atoms with Crippen molar-refractivity contribution in [3.8, 4) is 22.5 Å². The lowest BCUT2D eigenvalue weighted by atomic mass is 9.99. The number of nitrogens with zero attached hydrogens (tertiary/aromatic N) is 1. The van der Waals surface area contributed by atoms with Crippen molar-refractivity contribution < 1.29 is 4.52 Å². The summed E-state index contributed by atoms with van der Waals surface area (Å²) >= 11 is 6.20. The van der Waals surface area contributed by atoms with E-state index in [-0.39, 0.29) is 0 Å². The molecule has 0 radical (unpaired) electrons. The highest BCUT2D eigenvalue weighted by molar-refractivity contribution is 6.31. The van der Waals surface area contributed by atoms with E-state index in [2.05, 4.69) is 11.2 Å². The third kappa shape index (κ3) is 2.52. The van der Waals surface area contributed by atoms with Crippen molar-refractivity contribution in [1.29, 1.82) is 0 Å². The number of hydrogen-bond donors (Lipinski definition) is 1. The molecule has 0 aliphatic carbocycles. The van der Waals surface area contributed by atoms with Crippen LogP contribution >= 0.6 is 11.6 Å². The van der Waals surface area contributed by atoms with Crippen molar-refractivity contribution in [3.63, 3.8) is 0 Å². The normalized spacial score (nSPS) is 10.8. The van der Waals surface area contributed by atoms with Crippen LogP contribution in [0.3, 0.4) is 0 Å². The molecule has 1 aromatic heterocycles. The molecule has 106 valence electrons. The molecule has 0 aliphatic heterocycles. The van der Waals surface area contributed by atoms with Crippen LogP contribution < -0.4 is 5.73 Å². The van der Waals surface area contributed by atoms with Gasteiger partial charge in [-0.25, -0.2) is 0 Å². The monoisotopic (exact) mass is 298 g/mol. The van der Waals surface area contributed by atoms with Gasteiger partial charge in [0.15, 0.2) is 11.6 Å². The summed E-state index contributed by atoms with van der Waals surface area (Å²) in [5.74, 6) is 1.02. The van der Waals surface area contributed by atoms with Crippen LogP contribution in [-0.2, 0) is 0 Å². The largest absolute Gasteiger partial charge is 0.380 e. The number of rotatable bonds is 2. The second-order valence-corrected chi connectivity index (χ2v) is 5.51. The molecule has 0 aliphatic rings. The van der Waals surface area contributed by atoms with Gasteiger partial charge in [0.2, 0.25) is 0 Å². The van der Waals surface area contributed by atoms with Gasteiger partial charge < -0.3 is 10.3 Å². The topological polar surface area (TPSA) is 52.0 Å². The van der Waals surface area contributed by atoms with Gasteiger partial charge in [-0.15, -0.1) is 0 Å². The molecule has 0 amide bonds. The van der Waals surface area contributed by atoms with Gasteiger partial charge in [-0.1, -0.05) is 58.7 Å². The first-order valence-electron chi connectivity index (χ1n) is 6.65. The number of benzene rings is 2. The summed E-state index contributed by atoms with van der Waals surface area (Å²) in [5.41, 5.74) is 10.8. The van der Waals surface area contributed by atoms with E-state index in [0.717, 1.165) is 27.8 Å². The summed E-state index contributed by atoms with van der Waals surface area (Å²) in [5, 5.41) is 4.60. The second kappa shape index (κ2) is 5.26. The molecule has 0 atom stereocenters. The lowest BCUT2D eigenvalue weighted by molar-refractivity contribution is 0.436. The fourth-order valence-electron chi connectivity index (χ4n) is 2.31. The van der Waals surface area contributed by atoms with Crippen LogP contribution in [0.15, 0.2) is 47.0 Å². The number of nitrogens with two attached hydrogens (primary N) is 1. The number of halogens is 1. The van der Waals surface area contributed by atoms with Gasteiger partial charge >= 0.3 is 0 Å². The maximum Gasteiger partial charge on any atom is 0.176 e. The Morgan fingerprint density at radius 3 is 2.57 bits per heavy atom. The Kier molecular flexibility index (Phi) is 3.43. The summed E-state index contributed by atoms with van der Waals surface area (Å²) in [7, 11) is 0. The van der Waals surface area contributed by atoms with E-state index in [1.165, 1.54) is 0 Å². The molecule has 0 bridgehead atoms. The number of aryl methyl sites for hydroxylation is 2. The van der Waals surface area contributed by atoms with Crippen LogP contribution in [0, 0.1) is 13.8 Å². The van der Waals surface area contributed by atoms with Crippen LogP contribution in [0.2, 0.25) is 5.02 Å². The quantitative estimate of drug-likeness (QED) is 0.735. The van der Waals surface area contributed by atoms with Gasteiger partial charge in [0.1, 0.15) is 0 Å². The molecular weight excluding hydrogens is 284 g/mol. The minimum atomic E-state index is 0.382. The van der Waals surface area contributed by atoms with Crippen molar-refractivity contribution in [3.05, 3.63) is 58.6 Å². The van der Waals surface area contributed by atoms with Crippen LogP contribution in [0.5, 0.6) is 0 Å². The zero-order chi connectivity index (χ0) is 15.0. The Balaban J connectivity index is 2.19. The van der Waals surface area contributed by atoms with Crippen LogP contribution in [-0.4, -0.2) is 5.16 Å². The minimum Gasteiger partial charge on any atom is -0.380 e. The van der Waals surface area contributed by atoms with Gasteiger partial charge in [0, 0.05) is 10.6 Å². The third-order valence-electron chi connectivity index (χ3n) is 3.46. The third-order valence-corrected chi connectivity index (χ3v) is 3.87. The Labute approximate surface area is 128 Å². The molecule has 21 heavy (non-hydrogen) atoms. The molecule has 4 heteroatoms. The molecule has 3 aromatic rings. The fourth-order valence-corrected chi connectivity index (χ4v) is 2.49. The first kappa shape index (κ1) is 13.7. The average Bonchev–Trinajstić information content (AvgIpc) is 2.84. The van der Waals surface area contributed by atoms with Gasteiger partial charge in [0.05, 0.1) is 5.56 Å². The van der Waals surface area contributed by atoms with E-state index in [4.69, 9.17) is 21.9 Å². The predicted octanol–water partition coefficient (Wildman–Crippen LogP) is 4.86. The van der Waals surface area contributed by atoms with Gasteiger partial charge in [-0.3, -0.25) is 0 Å². The summed E-state index contributed by atoms with van der Waals surface area (Å²) in [6.45, 7) is 4.00. The second-order valence-electron chi connectivity index (χ2n) is 5.11. The first-order valence-corrected chi connectivity index (χ1v) is 7.03. The standard InChI is InChI=1S/C17H15ClN2O/c1-10-4-3-5-12(8-10)15-16(21-20-17(15)19)13-7-6-11(2)14(18)9-13/h3-9H,1-2H3,(H2,19,20). The van der Waals surface area contributed by atoms with E-state index < -0.39 is 0 Å². The molecule has 0 fully saturated rings. The summed E-state index contributed by atoms with van der Waals surface area (Å²) in [6.07, 6.45) is 0. The summed E-state index contributed by atoms with van der Waals surface area (Å²) < 4.78 is 5.44. The Hall–Kier alpha value is -2.26. The fraction of sp³-hybridized carbons (Fsp3) is 0.118. The van der Waals surface area contributed by atoms with Gasteiger partial charge in [-0.05, 0) is 31.0 Å². The lowest BCUT2D eigenvalue weighted by Gasteiger charge is -2.05. The molecule has 3 nitrogen and oxygen atoms in total. The van der Waals surface area contributed by atoms with E-state index in [1.807, 2.05) is 50.2 Å². The van der Waals surface area contributed by atoms with E-state index in [0.29, 0.717) is 16.6 Å². The van der Waals surface area contributed by atoms with Crippen molar-refractivity contribution in [2.75, 3.05) is 5.73 Å². The van der Waals surface area contributed by atoms with Crippen molar-refractivity contribution in [2.45, 2.75) is 13.8 Å². The zero-order valence-corrected chi connectivity index (χ0v) is 12.6. The van der Waals surface area contributed by atoms with Crippen LogP contribution in [0.4, 0.5) is 5.82 Å². The maximum absolute atomic E-state index is 6.20. The highest BCUT2D eigenvalue weighted by Gasteiger charge is 2.18. The molecule has 0 spiro atoms. The van der Waals surface area contributed by atoms with E-state index in [9.17, 15) is 0 Å². The number of anilines is 1. The molecule has 0 unspecified atom stereocenters.